The number of rotatable bonds is 10. The molecule has 1 fully saturated rings. The average molecular weight is 516 g/mol. The number of hydrogen-bond acceptors (Lipinski definition) is 5. The lowest BCUT2D eigenvalue weighted by Gasteiger charge is -2.33. The highest BCUT2D eigenvalue weighted by Crippen LogP contribution is 2.25. The van der Waals surface area contributed by atoms with Crippen LogP contribution >= 0.6 is 12.4 Å². The van der Waals surface area contributed by atoms with E-state index in [-0.39, 0.29) is 24.4 Å². The van der Waals surface area contributed by atoms with Crippen LogP contribution in [0.1, 0.15) is 30.7 Å². The minimum Gasteiger partial charge on any atom is -0.303 e. The normalized spacial score (nSPS) is 16.9. The summed E-state index contributed by atoms with van der Waals surface area (Å²) in [5.41, 5.74) is 1.12. The Morgan fingerprint density at radius 3 is 2.06 bits per heavy atom. The quantitative estimate of drug-likeness (QED) is 0.525. The molecule has 1 aliphatic rings. The van der Waals surface area contributed by atoms with Crippen molar-refractivity contribution >= 4 is 32.5 Å². The number of nitrogens with one attached hydrogen (secondary N) is 1. The molecule has 0 aromatic heterocycles. The molecule has 33 heavy (non-hydrogen) atoms. The molecule has 0 unspecified atom stereocenters. The van der Waals surface area contributed by atoms with Crippen LogP contribution in [0, 0.1) is 0 Å². The third-order valence-corrected chi connectivity index (χ3v) is 8.56. The van der Waals surface area contributed by atoms with Crippen molar-refractivity contribution in [2.24, 2.45) is 0 Å². The van der Waals surface area contributed by atoms with Gasteiger partial charge < -0.3 is 4.90 Å². The topological polar surface area (TPSA) is 86.8 Å². The molecule has 1 atom stereocenters. The van der Waals surface area contributed by atoms with E-state index in [1.54, 1.807) is 37.4 Å². The Bertz CT molecular complexity index is 1060. The van der Waals surface area contributed by atoms with Crippen molar-refractivity contribution in [2.45, 2.75) is 36.1 Å². The standard InChI is InChI=1S/C23H33N3O4S2.ClH/c1-25(32(29,30)23-11-7-4-8-12-23)19-21(20-9-5-3-6-10-20)13-16-26-17-14-22(15-18-26)24-31(2,27)28;/h3-12,21-22,24H,13-19H2,1-2H3;1H/t21-;/m0./s1. The van der Waals surface area contributed by atoms with E-state index < -0.39 is 20.0 Å². The van der Waals surface area contributed by atoms with Crippen molar-refractivity contribution in [1.29, 1.82) is 0 Å². The molecule has 0 saturated carbocycles. The second-order valence-corrected chi connectivity index (χ2v) is 12.3. The number of sulfonamides is 2. The van der Waals surface area contributed by atoms with E-state index in [1.165, 1.54) is 10.6 Å². The zero-order chi connectivity index (χ0) is 23.2. The Morgan fingerprint density at radius 2 is 1.52 bits per heavy atom. The highest BCUT2D eigenvalue weighted by Gasteiger charge is 2.26. The minimum atomic E-state index is -3.56. The molecule has 0 aliphatic carbocycles. The van der Waals surface area contributed by atoms with Crippen LogP contribution in [0.4, 0.5) is 0 Å². The molecule has 0 amide bonds. The molecule has 1 saturated heterocycles. The summed E-state index contributed by atoms with van der Waals surface area (Å²) in [6, 6.07) is 18.5. The summed E-state index contributed by atoms with van der Waals surface area (Å²) in [7, 11) is -5.10. The van der Waals surface area contributed by atoms with Crippen molar-refractivity contribution in [1.82, 2.24) is 13.9 Å². The molecule has 7 nitrogen and oxygen atoms in total. The molecule has 3 rings (SSSR count). The summed E-state index contributed by atoms with van der Waals surface area (Å²) in [6.07, 6.45) is 3.59. The van der Waals surface area contributed by atoms with Gasteiger partial charge in [0.15, 0.2) is 0 Å². The number of nitrogens with zero attached hydrogens (tertiary/aromatic N) is 2. The number of halogens is 1. The monoisotopic (exact) mass is 515 g/mol. The molecule has 1 heterocycles. The zero-order valence-electron chi connectivity index (χ0n) is 19.1. The smallest absolute Gasteiger partial charge is 0.242 e. The van der Waals surface area contributed by atoms with E-state index in [2.05, 4.69) is 21.8 Å². The lowest BCUT2D eigenvalue weighted by atomic mass is 9.95. The first-order chi connectivity index (χ1) is 15.1. The number of piperidine rings is 1. The van der Waals surface area contributed by atoms with E-state index in [0.717, 1.165) is 44.5 Å². The number of likely N-dealkylation sites (N-methyl/N-ethyl adjacent to an activating group) is 1. The second-order valence-electron chi connectivity index (χ2n) is 8.50. The van der Waals surface area contributed by atoms with Gasteiger partial charge in [0.2, 0.25) is 20.0 Å². The van der Waals surface area contributed by atoms with Crippen LogP contribution in [0.25, 0.3) is 0 Å². The summed E-state index contributed by atoms with van der Waals surface area (Å²) >= 11 is 0. The summed E-state index contributed by atoms with van der Waals surface area (Å²) in [5.74, 6) is 0.0616. The van der Waals surface area contributed by atoms with Crippen LogP contribution in [0.5, 0.6) is 0 Å². The van der Waals surface area contributed by atoms with Crippen molar-refractivity contribution in [2.75, 3.05) is 39.5 Å². The maximum atomic E-state index is 13.0. The fourth-order valence-corrected chi connectivity index (χ4v) is 6.26. The highest BCUT2D eigenvalue weighted by molar-refractivity contribution is 7.89. The van der Waals surface area contributed by atoms with Crippen molar-refractivity contribution in [3.8, 4) is 0 Å². The van der Waals surface area contributed by atoms with Crippen molar-refractivity contribution in [3.63, 3.8) is 0 Å². The second kappa shape index (κ2) is 12.3. The van der Waals surface area contributed by atoms with E-state index >= 15 is 0 Å². The molecule has 0 bridgehead atoms. The fraction of sp³-hybridized carbons (Fsp3) is 0.478. The molecule has 1 aliphatic heterocycles. The fourth-order valence-electron chi connectivity index (χ4n) is 4.19. The van der Waals surface area contributed by atoms with Gasteiger partial charge >= 0.3 is 0 Å². The van der Waals surface area contributed by atoms with E-state index in [1.807, 2.05) is 18.2 Å². The minimum absolute atomic E-state index is 0. The van der Waals surface area contributed by atoms with Crippen LogP contribution in [0.3, 0.4) is 0 Å². The Kier molecular flexibility index (Phi) is 10.3. The third-order valence-electron chi connectivity index (χ3n) is 5.96. The van der Waals surface area contributed by atoms with Gasteiger partial charge in [-0.05, 0) is 62.5 Å². The molecule has 0 spiro atoms. The lowest BCUT2D eigenvalue weighted by molar-refractivity contribution is 0.199. The summed E-state index contributed by atoms with van der Waals surface area (Å²) < 4.78 is 53.1. The van der Waals surface area contributed by atoms with Gasteiger partial charge in [-0.15, -0.1) is 12.4 Å². The predicted octanol–water partition coefficient (Wildman–Crippen LogP) is 2.92. The van der Waals surface area contributed by atoms with Crippen molar-refractivity contribution in [3.05, 3.63) is 66.2 Å². The van der Waals surface area contributed by atoms with Crippen LogP contribution < -0.4 is 4.72 Å². The summed E-state index contributed by atoms with van der Waals surface area (Å²) in [4.78, 5) is 2.64. The Hall–Kier alpha value is -1.49. The SMILES string of the molecule is CN(C[C@H](CCN1CCC(NS(C)(=O)=O)CC1)c1ccccc1)S(=O)(=O)c1ccccc1.Cl. The van der Waals surface area contributed by atoms with E-state index in [9.17, 15) is 16.8 Å². The van der Waals surface area contributed by atoms with Gasteiger partial charge in [0, 0.05) is 19.6 Å². The number of hydrogen-bond donors (Lipinski definition) is 1. The van der Waals surface area contributed by atoms with Crippen LogP contribution in [-0.2, 0) is 20.0 Å². The van der Waals surface area contributed by atoms with Gasteiger partial charge in [-0.1, -0.05) is 48.5 Å². The maximum Gasteiger partial charge on any atom is 0.242 e. The molecular weight excluding hydrogens is 482 g/mol. The first kappa shape index (κ1) is 27.8. The average Bonchev–Trinajstić information content (AvgIpc) is 2.77. The molecule has 10 heteroatoms. The molecule has 1 N–H and O–H groups in total. The molecule has 2 aromatic rings. The van der Waals surface area contributed by atoms with Crippen LogP contribution in [-0.4, -0.2) is 71.6 Å². The van der Waals surface area contributed by atoms with Crippen LogP contribution in [0.2, 0.25) is 0 Å². The van der Waals surface area contributed by atoms with E-state index in [0.29, 0.717) is 11.4 Å². The predicted molar refractivity (Wildman–Crippen MR) is 135 cm³/mol. The number of likely N-dealkylation sites (tertiary alicyclic amines) is 1. The van der Waals surface area contributed by atoms with Gasteiger partial charge in [0.05, 0.1) is 11.2 Å². The van der Waals surface area contributed by atoms with Gasteiger partial charge in [-0.2, -0.15) is 0 Å². The first-order valence-corrected chi connectivity index (χ1v) is 14.2. The molecule has 0 radical (unpaired) electrons. The Morgan fingerprint density at radius 1 is 0.970 bits per heavy atom. The van der Waals surface area contributed by atoms with Gasteiger partial charge in [0.1, 0.15) is 0 Å². The number of benzene rings is 2. The largest absolute Gasteiger partial charge is 0.303 e. The zero-order valence-corrected chi connectivity index (χ0v) is 21.6. The molecule has 184 valence electrons. The van der Waals surface area contributed by atoms with E-state index in [4.69, 9.17) is 0 Å². The molecule has 2 aromatic carbocycles. The summed E-state index contributed by atoms with van der Waals surface area (Å²) in [5, 5.41) is 0. The van der Waals surface area contributed by atoms with Gasteiger partial charge in [-0.25, -0.2) is 25.9 Å². The third kappa shape index (κ3) is 8.35. The van der Waals surface area contributed by atoms with Crippen molar-refractivity contribution < 1.29 is 16.8 Å². The first-order valence-electron chi connectivity index (χ1n) is 10.9. The van der Waals surface area contributed by atoms with Gasteiger partial charge in [0.25, 0.3) is 0 Å². The Balaban J connectivity index is 0.00000385. The maximum absolute atomic E-state index is 13.0. The van der Waals surface area contributed by atoms with Crippen LogP contribution in [0.15, 0.2) is 65.6 Å². The Labute approximate surface area is 204 Å². The highest BCUT2D eigenvalue weighted by atomic mass is 35.5. The summed E-state index contributed by atoms with van der Waals surface area (Å²) in [6.45, 7) is 2.89. The van der Waals surface area contributed by atoms with Gasteiger partial charge in [-0.3, -0.25) is 0 Å². The molecular formula is C23H34ClN3O4S2. The lowest BCUT2D eigenvalue weighted by Crippen LogP contribution is -2.44.